The van der Waals surface area contributed by atoms with Crippen LogP contribution < -0.4 is 5.32 Å². The first-order chi connectivity index (χ1) is 14.8. The van der Waals surface area contributed by atoms with Crippen molar-refractivity contribution in [1.82, 2.24) is 0 Å². The molecule has 2 aromatic carbocycles. The number of aromatic hydroxyl groups is 1. The Bertz CT molecular complexity index is 915. The number of carbonyl (C=O) groups is 2. The molecule has 0 spiro atoms. The summed E-state index contributed by atoms with van der Waals surface area (Å²) < 4.78 is 0. The van der Waals surface area contributed by atoms with Crippen molar-refractivity contribution in [3.63, 3.8) is 0 Å². The average Bonchev–Trinajstić information content (AvgIpc) is 2.67. The highest BCUT2D eigenvalue weighted by molar-refractivity contribution is 7.99. The van der Waals surface area contributed by atoms with Crippen molar-refractivity contribution >= 4 is 29.1 Å². The summed E-state index contributed by atoms with van der Waals surface area (Å²) in [5, 5.41) is 13.7. The van der Waals surface area contributed by atoms with E-state index in [1.165, 1.54) is 12.5 Å². The van der Waals surface area contributed by atoms with Crippen LogP contribution in [0.5, 0.6) is 5.75 Å². The van der Waals surface area contributed by atoms with Crippen LogP contribution in [0.2, 0.25) is 0 Å². The van der Waals surface area contributed by atoms with Crippen LogP contribution in [0.3, 0.4) is 0 Å². The number of benzene rings is 2. The second-order valence-electron chi connectivity index (χ2n) is 10.4. The minimum Gasteiger partial charge on any atom is -0.507 e. The molecule has 0 aliphatic rings. The molecule has 1 amide bonds. The first kappa shape index (κ1) is 26.0. The molecule has 0 unspecified atom stereocenters. The van der Waals surface area contributed by atoms with E-state index in [-0.39, 0.29) is 22.5 Å². The van der Waals surface area contributed by atoms with E-state index in [4.69, 9.17) is 0 Å². The standard InChI is InChI=1S/C27H37NO3S/c1-18(29)20-10-12-21(13-11-20)28-24(30)17-32-14-8-9-19-15-22(26(2,3)4)25(31)23(16-19)27(5,6)7/h10-13,15-16,31H,8-9,14,17H2,1-7H3,(H,28,30). The number of phenols is 1. The van der Waals surface area contributed by atoms with Gasteiger partial charge < -0.3 is 10.4 Å². The van der Waals surface area contributed by atoms with Crippen LogP contribution in [-0.4, -0.2) is 28.3 Å². The van der Waals surface area contributed by atoms with Crippen molar-refractivity contribution in [1.29, 1.82) is 0 Å². The fraction of sp³-hybridized carbons (Fsp3) is 0.481. The number of rotatable bonds is 8. The molecule has 0 radical (unpaired) electrons. The molecule has 2 rings (SSSR count). The lowest BCUT2D eigenvalue weighted by atomic mass is 9.78. The maximum Gasteiger partial charge on any atom is 0.234 e. The SMILES string of the molecule is CC(=O)c1ccc(NC(=O)CSCCCc2cc(C(C)(C)C)c(O)c(C(C)(C)C)c2)cc1. The summed E-state index contributed by atoms with van der Waals surface area (Å²) in [4.78, 5) is 23.5. The fourth-order valence-corrected chi connectivity index (χ4v) is 4.26. The Labute approximate surface area is 197 Å². The number of nitrogens with one attached hydrogen (secondary N) is 1. The third-order valence-corrected chi connectivity index (χ3v) is 6.39. The Morgan fingerprint density at radius 3 is 1.94 bits per heavy atom. The topological polar surface area (TPSA) is 66.4 Å². The molecule has 0 atom stereocenters. The van der Waals surface area contributed by atoms with Crippen molar-refractivity contribution in [2.75, 3.05) is 16.8 Å². The lowest BCUT2D eigenvalue weighted by Crippen LogP contribution is -2.18. The smallest absolute Gasteiger partial charge is 0.234 e. The molecule has 0 saturated heterocycles. The van der Waals surface area contributed by atoms with Crippen molar-refractivity contribution < 1.29 is 14.7 Å². The van der Waals surface area contributed by atoms with Crippen molar-refractivity contribution in [3.05, 3.63) is 58.7 Å². The summed E-state index contributed by atoms with van der Waals surface area (Å²) in [6.07, 6.45) is 1.87. The Kier molecular flexibility index (Phi) is 8.58. The molecule has 0 bridgehead atoms. The number of Topliss-reactive ketones (excluding diaryl/α,β-unsaturated/α-hetero) is 1. The number of aryl methyl sites for hydroxylation is 1. The summed E-state index contributed by atoms with van der Waals surface area (Å²) in [5.74, 6) is 1.66. The number of amides is 1. The van der Waals surface area contributed by atoms with E-state index < -0.39 is 0 Å². The quantitative estimate of drug-likeness (QED) is 0.352. The average molecular weight is 456 g/mol. The molecule has 5 heteroatoms. The van der Waals surface area contributed by atoms with Crippen LogP contribution in [0.25, 0.3) is 0 Å². The van der Waals surface area contributed by atoms with Crippen molar-refractivity contribution in [3.8, 4) is 5.75 Å². The van der Waals surface area contributed by atoms with E-state index in [1.807, 2.05) is 0 Å². The number of hydrogen-bond donors (Lipinski definition) is 2. The predicted molar refractivity (Wildman–Crippen MR) is 136 cm³/mol. The zero-order valence-corrected chi connectivity index (χ0v) is 21.3. The van der Waals surface area contributed by atoms with E-state index in [9.17, 15) is 14.7 Å². The van der Waals surface area contributed by atoms with Crippen molar-refractivity contribution in [2.45, 2.75) is 72.1 Å². The number of ketones is 1. The van der Waals surface area contributed by atoms with Gasteiger partial charge in [0.1, 0.15) is 5.75 Å². The Morgan fingerprint density at radius 1 is 0.938 bits per heavy atom. The monoisotopic (exact) mass is 455 g/mol. The molecule has 32 heavy (non-hydrogen) atoms. The molecule has 0 aliphatic heterocycles. The van der Waals surface area contributed by atoms with Gasteiger partial charge >= 0.3 is 0 Å². The molecule has 4 nitrogen and oxygen atoms in total. The Hall–Kier alpha value is -2.27. The van der Waals surface area contributed by atoms with Crippen LogP contribution >= 0.6 is 11.8 Å². The zero-order valence-electron chi connectivity index (χ0n) is 20.5. The highest BCUT2D eigenvalue weighted by Gasteiger charge is 2.26. The number of phenolic OH excluding ortho intramolecular Hbond substituents is 1. The molecule has 2 N–H and O–H groups in total. The summed E-state index contributed by atoms with van der Waals surface area (Å²) in [5.41, 5.74) is 4.29. The van der Waals surface area contributed by atoms with Crippen LogP contribution in [0.15, 0.2) is 36.4 Å². The van der Waals surface area contributed by atoms with Crippen molar-refractivity contribution in [2.24, 2.45) is 0 Å². The first-order valence-electron chi connectivity index (χ1n) is 11.1. The number of hydrogen-bond acceptors (Lipinski definition) is 4. The van der Waals surface area contributed by atoms with Gasteiger partial charge in [-0.3, -0.25) is 9.59 Å². The van der Waals surface area contributed by atoms with Gasteiger partial charge in [-0.15, -0.1) is 0 Å². The van der Waals surface area contributed by atoms with Crippen LogP contribution in [0.4, 0.5) is 5.69 Å². The molecular formula is C27H37NO3S. The van der Waals surface area contributed by atoms with Gasteiger partial charge in [0.2, 0.25) is 5.91 Å². The maximum absolute atomic E-state index is 12.2. The number of carbonyl (C=O) groups excluding carboxylic acids is 2. The maximum atomic E-state index is 12.2. The molecule has 2 aromatic rings. The molecule has 0 fully saturated rings. The van der Waals surface area contributed by atoms with E-state index in [2.05, 4.69) is 59.0 Å². The van der Waals surface area contributed by atoms with Crippen LogP contribution in [0.1, 0.15) is 81.9 Å². The number of thioether (sulfide) groups is 1. The highest BCUT2D eigenvalue weighted by Crippen LogP contribution is 2.40. The van der Waals surface area contributed by atoms with Gasteiger partial charge in [0.05, 0.1) is 5.75 Å². The van der Waals surface area contributed by atoms with Gasteiger partial charge in [-0.2, -0.15) is 11.8 Å². The van der Waals surface area contributed by atoms with E-state index in [0.717, 1.165) is 29.7 Å². The zero-order chi connectivity index (χ0) is 24.1. The number of anilines is 1. The van der Waals surface area contributed by atoms with Gasteiger partial charge in [0.25, 0.3) is 0 Å². The van der Waals surface area contributed by atoms with Gasteiger partial charge in [-0.1, -0.05) is 53.7 Å². The van der Waals surface area contributed by atoms with Gasteiger partial charge in [-0.05, 0) is 77.3 Å². The molecule has 0 aliphatic carbocycles. The fourth-order valence-electron chi connectivity index (χ4n) is 3.51. The second-order valence-corrected chi connectivity index (χ2v) is 11.5. The molecule has 0 saturated carbocycles. The molecule has 0 aromatic heterocycles. The van der Waals surface area contributed by atoms with Gasteiger partial charge in [0, 0.05) is 11.3 Å². The Balaban J connectivity index is 1.89. The lowest BCUT2D eigenvalue weighted by Gasteiger charge is -2.28. The minimum atomic E-state index is -0.129. The molecular weight excluding hydrogens is 418 g/mol. The predicted octanol–water partition coefficient (Wildman–Crippen LogP) is 6.49. The first-order valence-corrected chi connectivity index (χ1v) is 12.3. The second kappa shape index (κ2) is 10.6. The molecule has 174 valence electrons. The third-order valence-electron chi connectivity index (χ3n) is 5.35. The van der Waals surface area contributed by atoms with E-state index in [1.54, 1.807) is 36.0 Å². The van der Waals surface area contributed by atoms with E-state index >= 15 is 0 Å². The van der Waals surface area contributed by atoms with Gasteiger partial charge in [-0.25, -0.2) is 0 Å². The summed E-state index contributed by atoms with van der Waals surface area (Å²) in [6, 6.07) is 11.2. The lowest BCUT2D eigenvalue weighted by molar-refractivity contribution is -0.113. The summed E-state index contributed by atoms with van der Waals surface area (Å²) in [7, 11) is 0. The molecule has 0 heterocycles. The van der Waals surface area contributed by atoms with Crippen LogP contribution in [0, 0.1) is 0 Å². The van der Waals surface area contributed by atoms with Gasteiger partial charge in [0.15, 0.2) is 5.78 Å². The van der Waals surface area contributed by atoms with E-state index in [0.29, 0.717) is 22.8 Å². The summed E-state index contributed by atoms with van der Waals surface area (Å²) in [6.45, 7) is 14.3. The highest BCUT2D eigenvalue weighted by atomic mass is 32.2. The van der Waals surface area contributed by atoms with Crippen LogP contribution in [-0.2, 0) is 22.0 Å². The normalized spacial score (nSPS) is 12.0. The third kappa shape index (κ3) is 7.40. The summed E-state index contributed by atoms with van der Waals surface area (Å²) >= 11 is 1.61. The Morgan fingerprint density at radius 2 is 1.47 bits per heavy atom. The largest absolute Gasteiger partial charge is 0.507 e. The minimum absolute atomic E-state index is 0.0105.